The van der Waals surface area contributed by atoms with Crippen molar-refractivity contribution in [2.75, 3.05) is 116 Å². The first-order valence-corrected chi connectivity index (χ1v) is 26.1. The molecule has 6 rings (SSSR count). The van der Waals surface area contributed by atoms with Crippen LogP contribution in [0, 0.1) is 0 Å². The first kappa shape index (κ1) is 52.6. The van der Waals surface area contributed by atoms with Gasteiger partial charge in [-0.15, -0.1) is 0 Å². The Kier molecular flexibility index (Phi) is 22.7. The van der Waals surface area contributed by atoms with E-state index < -0.39 is 45.0 Å². The molecule has 372 valence electrons. The van der Waals surface area contributed by atoms with Gasteiger partial charge >= 0.3 is 248 Å². The van der Waals surface area contributed by atoms with Gasteiger partial charge in [0.05, 0.1) is 11.9 Å². The van der Waals surface area contributed by atoms with E-state index in [1.54, 1.807) is 24.3 Å². The largest absolute Gasteiger partial charge is 0.291 e. The van der Waals surface area contributed by atoms with E-state index in [-0.39, 0.29) is 45.9 Å². The van der Waals surface area contributed by atoms with Crippen LogP contribution in [0.25, 0.3) is 11.2 Å². The van der Waals surface area contributed by atoms with Crippen LogP contribution in [0.15, 0.2) is 59.5 Å². The second-order valence-corrected chi connectivity index (χ2v) is 20.3. The number of rotatable bonds is 15. The van der Waals surface area contributed by atoms with Gasteiger partial charge in [-0.3, -0.25) is 14.7 Å². The van der Waals surface area contributed by atoms with Crippen LogP contribution in [0.2, 0.25) is 0 Å². The summed E-state index contributed by atoms with van der Waals surface area (Å²) in [4.78, 5) is 70.7. The van der Waals surface area contributed by atoms with E-state index >= 15 is 0 Å². The number of fused-ring (bicyclic) bond motifs is 1. The number of aromatic nitrogens is 4. The number of halogens is 1. The van der Waals surface area contributed by atoms with Crippen molar-refractivity contribution in [3.05, 3.63) is 87.5 Å². The van der Waals surface area contributed by atoms with Crippen LogP contribution in [-0.4, -0.2) is 164 Å². The predicted octanol–water partition coefficient (Wildman–Crippen LogP) is -2.46. The molecule has 0 aliphatic carbocycles. The number of nitrogens with one attached hydrogen (secondary N) is 8. The number of amides is 1. The number of anilines is 2. The molecule has 2 aliphatic heterocycles. The predicted molar refractivity (Wildman–Crippen MR) is 261 cm³/mol. The van der Waals surface area contributed by atoms with Crippen LogP contribution in [0.5, 0.6) is 0 Å². The van der Waals surface area contributed by atoms with Gasteiger partial charge in [-0.1, -0.05) is 0 Å². The molecule has 0 radical (unpaired) electrons. The summed E-state index contributed by atoms with van der Waals surface area (Å²) in [6, 6.07) is 14.5. The van der Waals surface area contributed by atoms with E-state index in [0.29, 0.717) is 11.4 Å². The van der Waals surface area contributed by atoms with E-state index in [2.05, 4.69) is 94.3 Å². The zero-order valence-electron chi connectivity index (χ0n) is 39.2. The molecule has 1 amide bonds. The Labute approximate surface area is 409 Å². The van der Waals surface area contributed by atoms with Gasteiger partial charge in [0, 0.05) is 32.7 Å². The van der Waals surface area contributed by atoms with Crippen LogP contribution < -0.4 is 70.0 Å². The SMILES string of the molecule is Nc1nc2ncc(CNc3ccc(C(=O)NC(CCC(=O)[I-]N4CCCNCCN(Cc5ccc(CN6CCCNCCNCCCNCC6)cc5)CCCNCC4)C(=O)O)cc3)nc2c(=O)[nH]1. The molecule has 21 heteroatoms. The maximum atomic E-state index is 13.3. The minimum atomic E-state index is -1.21. The van der Waals surface area contributed by atoms with Gasteiger partial charge in [0.15, 0.2) is 11.2 Å². The van der Waals surface area contributed by atoms with E-state index in [4.69, 9.17) is 5.73 Å². The molecule has 0 bridgehead atoms. The minimum absolute atomic E-state index is 0.0123. The zero-order chi connectivity index (χ0) is 47.8. The molecule has 4 heterocycles. The maximum Gasteiger partial charge on any atom is 0.280 e. The smallest absolute Gasteiger partial charge is 0.280 e. The zero-order valence-corrected chi connectivity index (χ0v) is 41.3. The average molecular weight is 1050 g/mol. The van der Waals surface area contributed by atoms with Crippen molar-refractivity contribution in [2.45, 2.75) is 64.2 Å². The Morgan fingerprint density at radius 3 is 1.90 bits per heavy atom. The molecule has 2 aromatic heterocycles. The monoisotopic (exact) mass is 1050 g/mol. The molecule has 0 saturated carbocycles. The first-order valence-electron chi connectivity index (χ1n) is 24.1. The van der Waals surface area contributed by atoms with Crippen molar-refractivity contribution >= 4 is 38.5 Å². The van der Waals surface area contributed by atoms with Crippen molar-refractivity contribution in [1.82, 2.24) is 64.7 Å². The number of H-pyrrole nitrogens is 1. The van der Waals surface area contributed by atoms with Crippen molar-refractivity contribution in [1.29, 1.82) is 0 Å². The Hall–Kier alpha value is -4.72. The molecule has 2 fully saturated rings. The van der Waals surface area contributed by atoms with Crippen LogP contribution in [0.4, 0.5) is 11.6 Å². The molecule has 11 N–H and O–H groups in total. The van der Waals surface area contributed by atoms with E-state index in [1.165, 1.54) is 17.3 Å². The number of carboxylic acid groups (broad SMARTS) is 1. The fraction of sp³-hybridized carbons (Fsp3) is 0.553. The summed E-state index contributed by atoms with van der Waals surface area (Å²) >= 11 is -0.983. The van der Waals surface area contributed by atoms with Crippen molar-refractivity contribution in [3.8, 4) is 0 Å². The topological polar surface area (TPSA) is 263 Å². The fourth-order valence-corrected chi connectivity index (χ4v) is 10.3. The van der Waals surface area contributed by atoms with Crippen molar-refractivity contribution in [3.63, 3.8) is 0 Å². The third kappa shape index (κ3) is 19.0. The van der Waals surface area contributed by atoms with Gasteiger partial charge in [-0.2, -0.15) is 4.98 Å². The number of aromatic amines is 1. The van der Waals surface area contributed by atoms with Crippen LogP contribution in [-0.2, 0) is 29.2 Å². The first-order chi connectivity index (χ1) is 33.2. The Bertz CT molecular complexity index is 2190. The standard InChI is InChI=1S/C47H71IN15O5/c49-47-59-43-42(45(66)60-47)57-39(32-56-43)31-55-38-11-9-37(10-12-38)44(65)58-40(46(67)68)13-14-41(64)48-63-27-4-19-53-23-29-62(26-3-18-54-24-30-63)34-36-7-5-35(6-8-36)33-61-25-2-17-51-21-20-50-15-1-16-52-22-28-61/h5-12,32,40,50-55H,1-4,13-31,33-34H2,(H,58,65)(H,67,68)(H3,49,56,59,60,66)/q-1. The number of benzene rings is 2. The third-order valence-corrected chi connectivity index (χ3v) is 14.5. The van der Waals surface area contributed by atoms with Crippen molar-refractivity contribution < 1.29 is 41.0 Å². The normalized spacial score (nSPS) is 18.2. The molecule has 20 nitrogen and oxygen atoms in total. The number of nitrogens with zero attached hydrogens (tertiary/aromatic N) is 6. The number of hydrogen-bond donors (Lipinski definition) is 10. The molecule has 0 spiro atoms. The van der Waals surface area contributed by atoms with Crippen LogP contribution in [0.3, 0.4) is 0 Å². The molecule has 2 aromatic carbocycles. The summed E-state index contributed by atoms with van der Waals surface area (Å²) in [5.41, 5.74) is 9.44. The fourth-order valence-electron chi connectivity index (χ4n) is 7.97. The number of nitrogens with two attached hydrogens (primary N) is 1. The summed E-state index contributed by atoms with van der Waals surface area (Å²) in [7, 11) is 0. The van der Waals surface area contributed by atoms with E-state index in [1.807, 2.05) is 0 Å². The molecule has 2 aliphatic rings. The van der Waals surface area contributed by atoms with Crippen LogP contribution >= 0.6 is 0 Å². The van der Waals surface area contributed by atoms with Gasteiger partial charge in [0.25, 0.3) is 5.56 Å². The van der Waals surface area contributed by atoms with Crippen LogP contribution in [0.1, 0.15) is 65.7 Å². The Morgan fingerprint density at radius 2 is 1.28 bits per heavy atom. The molecule has 68 heavy (non-hydrogen) atoms. The maximum absolute atomic E-state index is 13.3. The van der Waals surface area contributed by atoms with Crippen molar-refractivity contribution in [2.24, 2.45) is 0 Å². The van der Waals surface area contributed by atoms with E-state index in [9.17, 15) is 24.3 Å². The number of nitrogen functional groups attached to an aromatic ring is 1. The number of carboxylic acids is 1. The second kappa shape index (κ2) is 29.3. The number of aliphatic carboxylic acids is 1. The Morgan fingerprint density at radius 1 is 0.706 bits per heavy atom. The number of carbonyl (C=O) groups excluding carboxylic acids is 2. The molecular formula is C47H71IN15O5-. The molecule has 1 atom stereocenters. The second-order valence-electron chi connectivity index (χ2n) is 17.2. The average Bonchev–Trinajstić information content (AvgIpc) is 3.33. The molecule has 1 unspecified atom stereocenters. The molecule has 4 aromatic rings. The van der Waals surface area contributed by atoms with Gasteiger partial charge in [-0.05, 0) is 44.6 Å². The number of carbonyl (C=O) groups is 3. The number of hydrogen-bond acceptors (Lipinski definition) is 17. The molecular weight excluding hydrogens is 982 g/mol. The third-order valence-electron chi connectivity index (χ3n) is 11.7. The van der Waals surface area contributed by atoms with Gasteiger partial charge < -0.3 is 21.7 Å². The van der Waals surface area contributed by atoms with E-state index in [0.717, 1.165) is 143 Å². The van der Waals surface area contributed by atoms with Gasteiger partial charge in [0.1, 0.15) is 0 Å². The Balaban J connectivity index is 0.883. The quantitative estimate of drug-likeness (QED) is 0.0337. The summed E-state index contributed by atoms with van der Waals surface area (Å²) in [6.07, 6.45) is 5.80. The summed E-state index contributed by atoms with van der Waals surface area (Å²) in [5.74, 6) is -1.78. The summed E-state index contributed by atoms with van der Waals surface area (Å²) in [6.45, 7) is 17.4. The molecule has 2 saturated heterocycles. The summed E-state index contributed by atoms with van der Waals surface area (Å²) < 4.78 is 2.29. The minimum Gasteiger partial charge on any atom is -0.291 e. The van der Waals surface area contributed by atoms with Gasteiger partial charge in [0.2, 0.25) is 5.95 Å². The summed E-state index contributed by atoms with van der Waals surface area (Å²) in [5, 5.41) is 33.6. The van der Waals surface area contributed by atoms with Gasteiger partial charge in [-0.25, -0.2) is 9.97 Å².